The van der Waals surface area contributed by atoms with Gasteiger partial charge in [0.05, 0.1) is 23.5 Å². The molecule has 274 valence electrons. The van der Waals surface area contributed by atoms with Crippen molar-refractivity contribution in [2.75, 3.05) is 18.6 Å². The van der Waals surface area contributed by atoms with E-state index in [0.717, 1.165) is 10.4 Å². The molecule has 0 saturated carbocycles. The van der Waals surface area contributed by atoms with E-state index in [2.05, 4.69) is 33.9 Å². The molecular weight excluding hydrogens is 707 g/mol. The number of hydrogen-bond donors (Lipinski definition) is 1. The van der Waals surface area contributed by atoms with E-state index in [9.17, 15) is 26.4 Å². The highest BCUT2D eigenvalue weighted by molar-refractivity contribution is 7.93. The lowest BCUT2D eigenvalue weighted by atomic mass is 10.2. The molecule has 14 heteroatoms. The number of aromatic nitrogens is 2. The van der Waals surface area contributed by atoms with Gasteiger partial charge in [0, 0.05) is 37.6 Å². The molecule has 4 rings (SSSR count). The average Bonchev–Trinajstić information content (AvgIpc) is 3.61. The Balaban J connectivity index is 0.000000347. The second kappa shape index (κ2) is 16.2. The fourth-order valence-electron chi connectivity index (χ4n) is 6.23. The van der Waals surface area contributed by atoms with Crippen LogP contribution in [-0.2, 0) is 43.4 Å². The summed E-state index contributed by atoms with van der Waals surface area (Å²) in [4.78, 5) is 24.2. The number of carbonyl (C=O) groups excluding carboxylic acids is 2. The summed E-state index contributed by atoms with van der Waals surface area (Å²) >= 11 is 0. The van der Waals surface area contributed by atoms with Gasteiger partial charge in [0.25, 0.3) is 0 Å². The SMILES string of the molecule is C=Cc1c(S(=O)(=O)C[Si](c2ccccc2)(c2ccccc2)C(C)(C)C)cn(C)c1C(=O)OCC.C=Cc1c(S(N)(=O)=O)cn(C)c1C(=O)OCC. The minimum absolute atomic E-state index is 0.0371. The van der Waals surface area contributed by atoms with Gasteiger partial charge in [0.15, 0.2) is 9.84 Å². The van der Waals surface area contributed by atoms with Gasteiger partial charge in [-0.05, 0) is 18.9 Å². The molecule has 0 radical (unpaired) electrons. The van der Waals surface area contributed by atoms with Crippen LogP contribution in [-0.4, -0.2) is 64.6 Å². The maximum absolute atomic E-state index is 14.2. The molecule has 0 fully saturated rings. The smallest absolute Gasteiger partial charge is 0.355 e. The second-order valence-electron chi connectivity index (χ2n) is 12.8. The minimum atomic E-state index is -3.90. The number of nitrogens with two attached hydrogens (primary N) is 1. The van der Waals surface area contributed by atoms with Crippen LogP contribution in [0.25, 0.3) is 12.2 Å². The molecule has 0 aliphatic carbocycles. The van der Waals surface area contributed by atoms with Crippen molar-refractivity contribution in [1.82, 2.24) is 9.13 Å². The topological polar surface area (TPSA) is 157 Å². The van der Waals surface area contributed by atoms with Crippen molar-refractivity contribution in [3.8, 4) is 0 Å². The van der Waals surface area contributed by atoms with Gasteiger partial charge < -0.3 is 18.6 Å². The van der Waals surface area contributed by atoms with Gasteiger partial charge in [-0.25, -0.2) is 31.6 Å². The van der Waals surface area contributed by atoms with E-state index in [-0.39, 0.29) is 50.4 Å². The van der Waals surface area contributed by atoms with Crippen LogP contribution in [0.1, 0.15) is 66.7 Å². The van der Waals surface area contributed by atoms with E-state index < -0.39 is 39.9 Å². The van der Waals surface area contributed by atoms with Gasteiger partial charge in [-0.3, -0.25) is 0 Å². The second-order valence-corrected chi connectivity index (χ2v) is 21.6. The molecule has 4 aromatic rings. The summed E-state index contributed by atoms with van der Waals surface area (Å²) in [5.74, 6) is -1.17. The molecule has 0 amide bonds. The molecule has 0 spiro atoms. The normalized spacial score (nSPS) is 12.0. The predicted molar refractivity (Wildman–Crippen MR) is 204 cm³/mol. The van der Waals surface area contributed by atoms with Crippen LogP contribution in [0, 0.1) is 0 Å². The minimum Gasteiger partial charge on any atom is -0.461 e. The maximum atomic E-state index is 14.2. The third-order valence-corrected chi connectivity index (χ3v) is 19.0. The van der Waals surface area contributed by atoms with Gasteiger partial charge in [-0.1, -0.05) is 117 Å². The molecule has 2 aromatic heterocycles. The van der Waals surface area contributed by atoms with Gasteiger partial charge in [-0.2, -0.15) is 0 Å². The number of primary sulfonamides is 1. The Kier molecular flexibility index (Phi) is 13.0. The van der Waals surface area contributed by atoms with E-state index in [0.29, 0.717) is 5.56 Å². The summed E-state index contributed by atoms with van der Waals surface area (Å²) < 4.78 is 63.9. The zero-order chi connectivity index (χ0) is 38.4. The van der Waals surface area contributed by atoms with E-state index in [1.54, 1.807) is 20.9 Å². The first-order chi connectivity index (χ1) is 23.8. The molecule has 2 aromatic carbocycles. The average molecular weight is 754 g/mol. The summed E-state index contributed by atoms with van der Waals surface area (Å²) in [5, 5.41) is 6.80. The quantitative estimate of drug-likeness (QED) is 0.161. The molecule has 0 atom stereocenters. The summed E-state index contributed by atoms with van der Waals surface area (Å²) in [6.45, 7) is 17.4. The zero-order valence-corrected chi connectivity index (χ0v) is 32.8. The monoisotopic (exact) mass is 753 g/mol. The predicted octanol–water partition coefficient (Wildman–Crippen LogP) is 4.71. The fraction of sp³-hybridized carbons (Fsp3) is 0.297. The lowest BCUT2D eigenvalue weighted by molar-refractivity contribution is 0.0505. The van der Waals surface area contributed by atoms with Crippen LogP contribution in [0.4, 0.5) is 0 Å². The third-order valence-electron chi connectivity index (χ3n) is 8.58. The number of nitrogens with zero attached hydrogens (tertiary/aromatic N) is 2. The number of hydrogen-bond acceptors (Lipinski definition) is 8. The van der Waals surface area contributed by atoms with E-state index >= 15 is 0 Å². The first-order valence-electron chi connectivity index (χ1n) is 16.2. The van der Waals surface area contributed by atoms with Crippen molar-refractivity contribution >= 4 is 62.4 Å². The molecule has 2 heterocycles. The standard InChI is InChI=1S/C27H33NO4SSi.C10H14N2O4S/c1-7-23-24(19-28(6)25(23)26(29)32-8-2)33(30,31)20-34(27(3,4)5,21-15-11-9-12-16-21)22-17-13-10-14-18-22;1-4-7-8(17(11,14)15)6-12(3)9(7)10(13)16-5-2/h7,9-19H,1,8,20H2,2-6H3;4,6H,1,5H2,2-3H3,(H2,11,14,15). The Labute approximate surface area is 302 Å². The molecule has 0 bridgehead atoms. The van der Waals surface area contributed by atoms with Gasteiger partial charge in [-0.15, -0.1) is 0 Å². The fourth-order valence-corrected chi connectivity index (χ4v) is 17.4. The largest absolute Gasteiger partial charge is 0.461 e. The molecular formula is C37H47N3O8S2Si. The molecule has 2 N–H and O–H groups in total. The van der Waals surface area contributed by atoms with Crippen LogP contribution in [0.2, 0.25) is 5.04 Å². The van der Waals surface area contributed by atoms with Crippen LogP contribution in [0.3, 0.4) is 0 Å². The van der Waals surface area contributed by atoms with Crippen molar-refractivity contribution in [3.05, 3.63) is 109 Å². The van der Waals surface area contributed by atoms with Gasteiger partial charge in [0.1, 0.15) is 24.4 Å². The number of aryl methyl sites for hydroxylation is 2. The number of ether oxygens (including phenoxy) is 2. The molecule has 0 aliphatic heterocycles. The summed E-state index contributed by atoms with van der Waals surface area (Å²) in [5.41, 5.74) is 0.760. The highest BCUT2D eigenvalue weighted by Crippen LogP contribution is 2.38. The van der Waals surface area contributed by atoms with Crippen molar-refractivity contribution in [3.63, 3.8) is 0 Å². The highest BCUT2D eigenvalue weighted by atomic mass is 32.2. The lowest BCUT2D eigenvalue weighted by Gasteiger charge is -2.43. The number of sulfone groups is 1. The third kappa shape index (κ3) is 8.52. The molecule has 0 saturated heterocycles. The van der Waals surface area contributed by atoms with E-state index in [1.165, 1.54) is 40.7 Å². The van der Waals surface area contributed by atoms with Crippen molar-refractivity contribution in [2.45, 2.75) is 49.4 Å². The molecule has 0 unspecified atom stereocenters. The molecule has 0 aliphatic rings. The molecule has 51 heavy (non-hydrogen) atoms. The van der Waals surface area contributed by atoms with Gasteiger partial charge >= 0.3 is 11.9 Å². The Morgan fingerprint density at radius 2 is 1.12 bits per heavy atom. The van der Waals surface area contributed by atoms with Crippen LogP contribution in [0.15, 0.2) is 96.0 Å². The number of carbonyl (C=O) groups is 2. The van der Waals surface area contributed by atoms with E-state index in [4.69, 9.17) is 14.6 Å². The van der Waals surface area contributed by atoms with Crippen LogP contribution < -0.4 is 15.5 Å². The first kappa shape index (κ1) is 40.9. The number of rotatable bonds is 12. The molecule has 11 nitrogen and oxygen atoms in total. The Hall–Kier alpha value is -4.50. The number of sulfonamides is 1. The van der Waals surface area contributed by atoms with E-state index in [1.807, 2.05) is 60.7 Å². The maximum Gasteiger partial charge on any atom is 0.355 e. The Bertz CT molecular complexity index is 2070. The number of benzene rings is 2. The number of esters is 2. The first-order valence-corrected chi connectivity index (χ1v) is 21.6. The zero-order valence-electron chi connectivity index (χ0n) is 30.2. The van der Waals surface area contributed by atoms with Gasteiger partial charge in [0.2, 0.25) is 10.0 Å². The Morgan fingerprint density at radius 1 is 0.745 bits per heavy atom. The van der Waals surface area contributed by atoms with Crippen molar-refractivity contribution in [1.29, 1.82) is 0 Å². The highest BCUT2D eigenvalue weighted by Gasteiger charge is 2.51. The van der Waals surface area contributed by atoms with Crippen molar-refractivity contribution < 1.29 is 35.9 Å². The summed E-state index contributed by atoms with van der Waals surface area (Å²) in [6.07, 6.45) is 5.48. The lowest BCUT2D eigenvalue weighted by Crippen LogP contribution is -2.68. The summed E-state index contributed by atoms with van der Waals surface area (Å²) in [7, 11) is -7.44. The van der Waals surface area contributed by atoms with Crippen LogP contribution in [0.5, 0.6) is 0 Å². The summed E-state index contributed by atoms with van der Waals surface area (Å²) in [6, 6.07) is 19.9. The van der Waals surface area contributed by atoms with Crippen LogP contribution >= 0.6 is 0 Å². The van der Waals surface area contributed by atoms with Crippen molar-refractivity contribution in [2.24, 2.45) is 19.2 Å². The Morgan fingerprint density at radius 3 is 1.45 bits per heavy atom.